The largest absolute Gasteiger partial charge is 0.482 e. The molecule has 2 aromatic rings. The maximum Gasteiger partial charge on any atom is 0.344 e. The van der Waals surface area contributed by atoms with Crippen LogP contribution in [0.2, 0.25) is 10.0 Å². The van der Waals surface area contributed by atoms with Crippen LogP contribution in [0.5, 0.6) is 5.75 Å². The van der Waals surface area contributed by atoms with E-state index < -0.39 is 18.0 Å². The highest BCUT2D eigenvalue weighted by Gasteiger charge is 2.20. The Labute approximate surface area is 155 Å². The number of rotatable bonds is 6. The Morgan fingerprint density at radius 3 is 2.68 bits per heavy atom. The Hall–Kier alpha value is -2.31. The number of para-hydroxylation sites is 1. The molecule has 0 fully saturated rings. The Morgan fingerprint density at radius 2 is 2.00 bits per heavy atom. The molecule has 0 saturated carbocycles. The van der Waals surface area contributed by atoms with Gasteiger partial charge in [-0.3, -0.25) is 4.79 Å². The molecule has 1 aromatic carbocycles. The van der Waals surface area contributed by atoms with Crippen molar-refractivity contribution in [1.29, 1.82) is 0 Å². The van der Waals surface area contributed by atoms with Gasteiger partial charge in [-0.2, -0.15) is 0 Å². The first-order chi connectivity index (χ1) is 11.9. The van der Waals surface area contributed by atoms with Crippen LogP contribution >= 0.6 is 23.2 Å². The zero-order chi connectivity index (χ0) is 18.4. The van der Waals surface area contributed by atoms with Gasteiger partial charge in [0.1, 0.15) is 5.75 Å². The molecule has 0 radical (unpaired) electrons. The summed E-state index contributed by atoms with van der Waals surface area (Å²) in [4.78, 5) is 27.8. The van der Waals surface area contributed by atoms with E-state index >= 15 is 0 Å². The number of pyridine rings is 1. The maximum atomic E-state index is 12.1. The second kappa shape index (κ2) is 8.69. The molecule has 0 saturated heterocycles. The van der Waals surface area contributed by atoms with Crippen LogP contribution in [0.25, 0.3) is 0 Å². The number of hydrogen-bond donors (Lipinski definition) is 1. The summed E-state index contributed by atoms with van der Waals surface area (Å²) < 4.78 is 10.4. The molecular formula is C17H16Cl2N2O4. The molecule has 0 aliphatic heterocycles. The number of carbonyl (C=O) groups is 2. The fourth-order valence-corrected chi connectivity index (χ4v) is 2.29. The van der Waals surface area contributed by atoms with E-state index in [1.54, 1.807) is 12.1 Å². The topological polar surface area (TPSA) is 77.5 Å². The van der Waals surface area contributed by atoms with E-state index in [1.165, 1.54) is 19.2 Å². The minimum atomic E-state index is -1.04. The third-order valence-electron chi connectivity index (χ3n) is 3.17. The summed E-state index contributed by atoms with van der Waals surface area (Å²) in [6.07, 6.45) is 0.303. The van der Waals surface area contributed by atoms with E-state index in [0.29, 0.717) is 10.8 Å². The third-order valence-corrected chi connectivity index (χ3v) is 3.66. The number of nitrogens with one attached hydrogen (secondary N) is 1. The number of hydrogen-bond acceptors (Lipinski definition) is 5. The van der Waals surface area contributed by atoms with Crippen molar-refractivity contribution in [3.05, 3.63) is 52.1 Å². The first kappa shape index (κ1) is 19.0. The lowest BCUT2D eigenvalue weighted by Gasteiger charge is -2.14. The van der Waals surface area contributed by atoms with Crippen LogP contribution in [-0.2, 0) is 14.3 Å². The van der Waals surface area contributed by atoms with Gasteiger partial charge in [0.25, 0.3) is 5.91 Å². The summed E-state index contributed by atoms with van der Waals surface area (Å²) in [7, 11) is 0. The molecule has 0 aliphatic rings. The van der Waals surface area contributed by atoms with Gasteiger partial charge in [0.2, 0.25) is 0 Å². The smallest absolute Gasteiger partial charge is 0.344 e. The number of anilines is 1. The zero-order valence-electron chi connectivity index (χ0n) is 13.6. The molecule has 1 unspecified atom stereocenters. The van der Waals surface area contributed by atoms with E-state index in [-0.39, 0.29) is 17.4 Å². The van der Waals surface area contributed by atoms with E-state index in [2.05, 4.69) is 10.3 Å². The molecule has 2 rings (SSSR count). The molecule has 1 N–H and O–H groups in total. The first-order valence-electron chi connectivity index (χ1n) is 7.36. The average Bonchev–Trinajstić information content (AvgIpc) is 2.56. The standard InChI is InChI=1S/C17H16Cl2N2O4/c1-10-5-3-4-6-14(10)24-9-15(22)25-11(2)17(23)21-16-13(19)7-12(18)8-20-16/h3-8,11H,9H2,1-2H3,(H,20,21,23). The Kier molecular flexibility index (Phi) is 6.61. The van der Waals surface area contributed by atoms with Crippen LogP contribution in [-0.4, -0.2) is 29.6 Å². The second-order valence-electron chi connectivity index (χ2n) is 5.16. The van der Waals surface area contributed by atoms with Gasteiger partial charge >= 0.3 is 5.97 Å². The van der Waals surface area contributed by atoms with Gasteiger partial charge in [-0.15, -0.1) is 0 Å². The molecule has 8 heteroatoms. The van der Waals surface area contributed by atoms with Crippen LogP contribution in [0, 0.1) is 6.92 Å². The SMILES string of the molecule is Cc1ccccc1OCC(=O)OC(C)C(=O)Nc1ncc(Cl)cc1Cl. The predicted molar refractivity (Wildman–Crippen MR) is 95.1 cm³/mol. The third kappa shape index (κ3) is 5.62. The van der Waals surface area contributed by atoms with Crippen molar-refractivity contribution in [3.8, 4) is 5.75 Å². The fraction of sp³-hybridized carbons (Fsp3) is 0.235. The van der Waals surface area contributed by atoms with Crippen LogP contribution in [0.15, 0.2) is 36.5 Å². The summed E-state index contributed by atoms with van der Waals surface area (Å²) in [6, 6.07) is 8.71. The number of ether oxygens (including phenoxy) is 2. The molecule has 6 nitrogen and oxygen atoms in total. The Morgan fingerprint density at radius 1 is 1.28 bits per heavy atom. The molecule has 1 heterocycles. The molecular weight excluding hydrogens is 367 g/mol. The van der Waals surface area contributed by atoms with Crippen molar-refractivity contribution in [1.82, 2.24) is 4.98 Å². The van der Waals surface area contributed by atoms with Crippen molar-refractivity contribution in [3.63, 3.8) is 0 Å². The van der Waals surface area contributed by atoms with Gasteiger partial charge in [-0.25, -0.2) is 9.78 Å². The van der Waals surface area contributed by atoms with Crippen molar-refractivity contribution in [2.24, 2.45) is 0 Å². The number of nitrogens with zero attached hydrogens (tertiary/aromatic N) is 1. The molecule has 1 aromatic heterocycles. The summed E-state index contributed by atoms with van der Waals surface area (Å²) >= 11 is 11.7. The Bertz CT molecular complexity index is 783. The lowest BCUT2D eigenvalue weighted by atomic mass is 10.2. The van der Waals surface area contributed by atoms with Gasteiger partial charge in [0.05, 0.1) is 10.0 Å². The van der Waals surface area contributed by atoms with Gasteiger partial charge < -0.3 is 14.8 Å². The van der Waals surface area contributed by atoms with Gasteiger partial charge in [-0.05, 0) is 31.5 Å². The monoisotopic (exact) mass is 382 g/mol. The van der Waals surface area contributed by atoms with E-state index in [9.17, 15) is 9.59 Å². The Balaban J connectivity index is 1.85. The van der Waals surface area contributed by atoms with Gasteiger partial charge in [-0.1, -0.05) is 41.4 Å². The van der Waals surface area contributed by atoms with Crippen molar-refractivity contribution >= 4 is 40.9 Å². The summed E-state index contributed by atoms with van der Waals surface area (Å²) in [5.41, 5.74) is 0.893. The molecule has 0 spiro atoms. The van der Waals surface area contributed by atoms with Crippen molar-refractivity contribution in [2.45, 2.75) is 20.0 Å². The number of esters is 1. The zero-order valence-corrected chi connectivity index (χ0v) is 15.1. The van der Waals surface area contributed by atoms with Gasteiger partial charge in [0.15, 0.2) is 18.5 Å². The van der Waals surface area contributed by atoms with Crippen molar-refractivity contribution < 1.29 is 19.1 Å². The summed E-state index contributed by atoms with van der Waals surface area (Å²) in [6.45, 7) is 2.99. The molecule has 25 heavy (non-hydrogen) atoms. The highest BCUT2D eigenvalue weighted by molar-refractivity contribution is 6.36. The normalized spacial score (nSPS) is 11.5. The number of halogens is 2. The van der Waals surface area contributed by atoms with Gasteiger partial charge in [0, 0.05) is 6.20 Å². The minimum absolute atomic E-state index is 0.134. The van der Waals surface area contributed by atoms with Crippen LogP contribution in [0.3, 0.4) is 0 Å². The minimum Gasteiger partial charge on any atom is -0.482 e. The van der Waals surface area contributed by atoms with E-state index in [1.807, 2.05) is 19.1 Å². The summed E-state index contributed by atoms with van der Waals surface area (Å²) in [5, 5.41) is 2.99. The van der Waals surface area contributed by atoms with E-state index in [0.717, 1.165) is 5.56 Å². The van der Waals surface area contributed by atoms with Crippen molar-refractivity contribution in [2.75, 3.05) is 11.9 Å². The number of aryl methyl sites for hydroxylation is 1. The second-order valence-corrected chi connectivity index (χ2v) is 6.00. The molecule has 0 aliphatic carbocycles. The molecule has 1 amide bonds. The number of aromatic nitrogens is 1. The molecule has 0 bridgehead atoms. The average molecular weight is 383 g/mol. The molecule has 132 valence electrons. The fourth-order valence-electron chi connectivity index (χ4n) is 1.86. The quantitative estimate of drug-likeness (QED) is 0.771. The van der Waals surface area contributed by atoms with Crippen LogP contribution in [0.4, 0.5) is 5.82 Å². The molecule has 1 atom stereocenters. The number of amides is 1. The first-order valence-corrected chi connectivity index (χ1v) is 8.12. The number of carbonyl (C=O) groups excluding carboxylic acids is 2. The highest BCUT2D eigenvalue weighted by atomic mass is 35.5. The summed E-state index contributed by atoms with van der Waals surface area (Å²) in [5.74, 6) is -0.522. The highest BCUT2D eigenvalue weighted by Crippen LogP contribution is 2.22. The number of benzene rings is 1. The van der Waals surface area contributed by atoms with Crippen LogP contribution < -0.4 is 10.1 Å². The maximum absolute atomic E-state index is 12.1. The predicted octanol–water partition coefficient (Wildman–Crippen LogP) is 3.65. The van der Waals surface area contributed by atoms with E-state index in [4.69, 9.17) is 32.7 Å². The van der Waals surface area contributed by atoms with Crippen LogP contribution in [0.1, 0.15) is 12.5 Å². The lowest BCUT2D eigenvalue weighted by molar-refractivity contribution is -0.155. The lowest BCUT2D eigenvalue weighted by Crippen LogP contribution is -2.32.